The number of nitrogens with zero attached hydrogens (tertiary/aromatic N) is 4. The van der Waals surface area contributed by atoms with Crippen LogP contribution in [0.25, 0.3) is 0 Å². The quantitative estimate of drug-likeness (QED) is 0.639. The molecule has 0 aliphatic carbocycles. The minimum absolute atomic E-state index is 0.0183. The molecule has 2 rings (SSSR count). The van der Waals surface area contributed by atoms with Crippen LogP contribution in [0.15, 0.2) is 12.3 Å². The lowest BCUT2D eigenvalue weighted by Crippen LogP contribution is -2.24. The molecule has 1 fully saturated rings. The lowest BCUT2D eigenvalue weighted by atomic mass is 10.1. The molecule has 0 radical (unpaired) electrons. The van der Waals surface area contributed by atoms with E-state index in [1.807, 2.05) is 0 Å². The minimum atomic E-state index is -0.190. The first kappa shape index (κ1) is 8.75. The molecular weight excluding hydrogens is 180 g/mol. The van der Waals surface area contributed by atoms with Gasteiger partial charge in [0.05, 0.1) is 12.0 Å². The molecule has 0 bridgehead atoms. The highest BCUT2D eigenvalue weighted by Crippen LogP contribution is 2.22. The van der Waals surface area contributed by atoms with Gasteiger partial charge in [-0.2, -0.15) is 10.4 Å². The van der Waals surface area contributed by atoms with Crippen molar-refractivity contribution in [2.45, 2.75) is 6.42 Å². The smallest absolute Gasteiger partial charge is 0.229 e. The molecule has 1 aromatic rings. The predicted molar refractivity (Wildman–Crippen MR) is 49.3 cm³/mol. The molecular formula is C9H10N4O. The van der Waals surface area contributed by atoms with Crippen LogP contribution >= 0.6 is 0 Å². The van der Waals surface area contributed by atoms with Crippen LogP contribution in [-0.2, 0) is 11.8 Å². The van der Waals surface area contributed by atoms with Gasteiger partial charge >= 0.3 is 0 Å². The number of carbonyl (C=O) groups excluding carboxylic acids is 1. The molecule has 1 saturated heterocycles. The Kier molecular flexibility index (Phi) is 1.97. The lowest BCUT2D eigenvalue weighted by molar-refractivity contribution is -0.117. The van der Waals surface area contributed by atoms with Crippen LogP contribution in [0.4, 0.5) is 5.82 Å². The van der Waals surface area contributed by atoms with Crippen LogP contribution in [0, 0.1) is 17.2 Å². The summed E-state index contributed by atoms with van der Waals surface area (Å²) >= 11 is 0. The van der Waals surface area contributed by atoms with Crippen molar-refractivity contribution in [3.8, 4) is 6.07 Å². The molecule has 2 heterocycles. The SMILES string of the molecule is Cn1ccc(N2CC(C#N)CC2=O)n1. The van der Waals surface area contributed by atoms with Crippen molar-refractivity contribution < 1.29 is 4.79 Å². The third-order valence-corrected chi connectivity index (χ3v) is 2.28. The maximum atomic E-state index is 11.5. The van der Waals surface area contributed by atoms with E-state index < -0.39 is 0 Å². The van der Waals surface area contributed by atoms with Gasteiger partial charge in [0.25, 0.3) is 0 Å². The average molecular weight is 190 g/mol. The number of aryl methyl sites for hydroxylation is 1. The van der Waals surface area contributed by atoms with Crippen LogP contribution in [0.2, 0.25) is 0 Å². The summed E-state index contributed by atoms with van der Waals surface area (Å²) in [5.74, 6) is 0.426. The van der Waals surface area contributed by atoms with Gasteiger partial charge in [0.15, 0.2) is 5.82 Å². The fourth-order valence-electron chi connectivity index (χ4n) is 1.56. The average Bonchev–Trinajstić information content (AvgIpc) is 2.71. The molecule has 5 heteroatoms. The molecule has 1 aliphatic heterocycles. The number of amides is 1. The third kappa shape index (κ3) is 1.35. The van der Waals surface area contributed by atoms with Gasteiger partial charge in [0.1, 0.15) is 0 Å². The summed E-state index contributed by atoms with van der Waals surface area (Å²) < 4.78 is 1.64. The van der Waals surface area contributed by atoms with Crippen molar-refractivity contribution in [1.82, 2.24) is 9.78 Å². The lowest BCUT2D eigenvalue weighted by Gasteiger charge is -2.10. The zero-order valence-electron chi connectivity index (χ0n) is 7.84. The molecule has 72 valence electrons. The second kappa shape index (κ2) is 3.14. The highest BCUT2D eigenvalue weighted by molar-refractivity contribution is 5.95. The summed E-state index contributed by atoms with van der Waals surface area (Å²) in [6, 6.07) is 3.88. The molecule has 0 saturated carbocycles. The number of aromatic nitrogens is 2. The number of anilines is 1. The van der Waals surface area contributed by atoms with E-state index in [0.717, 1.165) is 0 Å². The van der Waals surface area contributed by atoms with E-state index in [4.69, 9.17) is 5.26 Å². The third-order valence-electron chi connectivity index (χ3n) is 2.28. The van der Waals surface area contributed by atoms with Gasteiger partial charge < -0.3 is 0 Å². The topological polar surface area (TPSA) is 61.9 Å². The number of carbonyl (C=O) groups is 1. The van der Waals surface area contributed by atoms with E-state index >= 15 is 0 Å². The second-order valence-electron chi connectivity index (χ2n) is 3.38. The summed E-state index contributed by atoms with van der Waals surface area (Å²) in [7, 11) is 1.80. The first-order chi connectivity index (χ1) is 6.70. The Morgan fingerprint density at radius 3 is 3.00 bits per heavy atom. The Morgan fingerprint density at radius 1 is 1.71 bits per heavy atom. The summed E-state index contributed by atoms with van der Waals surface area (Å²) in [4.78, 5) is 13.0. The van der Waals surface area contributed by atoms with E-state index in [9.17, 15) is 4.79 Å². The largest absolute Gasteiger partial charge is 0.294 e. The highest BCUT2D eigenvalue weighted by Gasteiger charge is 2.31. The Morgan fingerprint density at radius 2 is 2.50 bits per heavy atom. The van der Waals surface area contributed by atoms with Gasteiger partial charge in [0, 0.05) is 32.3 Å². The van der Waals surface area contributed by atoms with Gasteiger partial charge in [0.2, 0.25) is 5.91 Å². The number of hydrogen-bond acceptors (Lipinski definition) is 3. The van der Waals surface area contributed by atoms with Gasteiger partial charge in [-0.25, -0.2) is 0 Å². The van der Waals surface area contributed by atoms with Gasteiger partial charge in [-0.05, 0) is 0 Å². The van der Waals surface area contributed by atoms with E-state index in [1.54, 1.807) is 28.9 Å². The van der Waals surface area contributed by atoms with Crippen LogP contribution in [0.3, 0.4) is 0 Å². The van der Waals surface area contributed by atoms with Crippen LogP contribution < -0.4 is 4.90 Å². The molecule has 1 atom stereocenters. The van der Waals surface area contributed by atoms with Crippen molar-refractivity contribution in [2.24, 2.45) is 13.0 Å². The maximum absolute atomic E-state index is 11.5. The zero-order chi connectivity index (χ0) is 10.1. The Bertz CT molecular complexity index is 403. The number of rotatable bonds is 1. The van der Waals surface area contributed by atoms with Crippen molar-refractivity contribution in [1.29, 1.82) is 5.26 Å². The highest BCUT2D eigenvalue weighted by atomic mass is 16.2. The molecule has 1 unspecified atom stereocenters. The summed E-state index contributed by atoms with van der Waals surface area (Å²) in [5, 5.41) is 12.8. The van der Waals surface area contributed by atoms with Gasteiger partial charge in [-0.1, -0.05) is 0 Å². The normalized spacial score (nSPS) is 21.3. The Hall–Kier alpha value is -1.83. The molecule has 1 aromatic heterocycles. The van der Waals surface area contributed by atoms with Crippen LogP contribution in [0.1, 0.15) is 6.42 Å². The standard InChI is InChI=1S/C9H10N4O/c1-12-3-2-8(11-12)13-6-7(5-10)4-9(13)14/h2-3,7H,4,6H2,1H3. The number of hydrogen-bond donors (Lipinski definition) is 0. The molecule has 1 amide bonds. The molecule has 14 heavy (non-hydrogen) atoms. The van der Waals surface area contributed by atoms with E-state index in [0.29, 0.717) is 18.8 Å². The molecule has 0 N–H and O–H groups in total. The summed E-state index contributed by atoms with van der Waals surface area (Å²) in [6.07, 6.45) is 2.09. The van der Waals surface area contributed by atoms with E-state index in [-0.39, 0.29) is 11.8 Å². The minimum Gasteiger partial charge on any atom is -0.294 e. The van der Waals surface area contributed by atoms with Crippen molar-refractivity contribution in [2.75, 3.05) is 11.4 Å². The zero-order valence-corrected chi connectivity index (χ0v) is 7.84. The molecule has 1 aliphatic rings. The fraction of sp³-hybridized carbons (Fsp3) is 0.444. The first-order valence-corrected chi connectivity index (χ1v) is 4.40. The fourth-order valence-corrected chi connectivity index (χ4v) is 1.56. The maximum Gasteiger partial charge on any atom is 0.229 e. The van der Waals surface area contributed by atoms with Crippen molar-refractivity contribution in [3.05, 3.63) is 12.3 Å². The molecule has 5 nitrogen and oxygen atoms in total. The summed E-state index contributed by atoms with van der Waals surface area (Å²) in [6.45, 7) is 0.465. The van der Waals surface area contributed by atoms with Gasteiger partial charge in [-0.15, -0.1) is 0 Å². The molecule has 0 spiro atoms. The first-order valence-electron chi connectivity index (χ1n) is 4.40. The monoisotopic (exact) mass is 190 g/mol. The van der Waals surface area contributed by atoms with Crippen LogP contribution in [-0.4, -0.2) is 22.2 Å². The molecule has 0 aromatic carbocycles. The van der Waals surface area contributed by atoms with E-state index in [1.165, 1.54) is 0 Å². The number of nitriles is 1. The van der Waals surface area contributed by atoms with E-state index in [2.05, 4.69) is 11.2 Å². The summed E-state index contributed by atoms with van der Waals surface area (Å²) in [5.41, 5.74) is 0. The van der Waals surface area contributed by atoms with Crippen molar-refractivity contribution in [3.63, 3.8) is 0 Å². The second-order valence-corrected chi connectivity index (χ2v) is 3.38. The van der Waals surface area contributed by atoms with Gasteiger partial charge in [-0.3, -0.25) is 14.4 Å². The Labute approximate surface area is 81.5 Å². The van der Waals surface area contributed by atoms with Crippen molar-refractivity contribution >= 4 is 11.7 Å². The Balaban J connectivity index is 2.21. The van der Waals surface area contributed by atoms with Crippen LogP contribution in [0.5, 0.6) is 0 Å². The predicted octanol–water partition coefficient (Wildman–Crippen LogP) is 0.297.